The van der Waals surface area contributed by atoms with Gasteiger partial charge in [0.05, 0.1) is 18.1 Å². The van der Waals surface area contributed by atoms with Gasteiger partial charge in [0.1, 0.15) is 11.9 Å². The number of hydroxylamine groups is 1. The van der Waals surface area contributed by atoms with Crippen LogP contribution in [0.1, 0.15) is 45.2 Å². The van der Waals surface area contributed by atoms with Crippen molar-refractivity contribution in [3.63, 3.8) is 0 Å². The molecule has 2 amide bonds. The highest BCUT2D eigenvalue weighted by molar-refractivity contribution is 5.90. The van der Waals surface area contributed by atoms with Gasteiger partial charge in [-0.1, -0.05) is 26.7 Å². The zero-order chi connectivity index (χ0) is 18.2. The summed E-state index contributed by atoms with van der Waals surface area (Å²) in [7, 11) is 0. The molecule has 1 aliphatic rings. The lowest BCUT2D eigenvalue weighted by Crippen LogP contribution is -2.46. The minimum Gasteiger partial charge on any atom is -0.357 e. The van der Waals surface area contributed by atoms with Crippen LogP contribution in [-0.2, 0) is 9.59 Å². The summed E-state index contributed by atoms with van der Waals surface area (Å²) in [5.74, 6) is -0.0835. The number of aromatic nitrogens is 2. The van der Waals surface area contributed by atoms with Crippen LogP contribution in [0.25, 0.3) is 6.08 Å². The van der Waals surface area contributed by atoms with Gasteiger partial charge in [-0.05, 0) is 24.8 Å². The first-order chi connectivity index (χ1) is 12.0. The molecule has 4 N–H and O–H groups in total. The molecule has 0 aromatic carbocycles. The second-order valence-corrected chi connectivity index (χ2v) is 6.49. The third kappa shape index (κ3) is 5.82. The summed E-state index contributed by atoms with van der Waals surface area (Å²) >= 11 is 0. The topological polar surface area (TPSA) is 116 Å². The van der Waals surface area contributed by atoms with Gasteiger partial charge in [-0.3, -0.25) is 19.8 Å². The Bertz CT molecular complexity index is 609. The van der Waals surface area contributed by atoms with E-state index in [1.807, 2.05) is 13.8 Å². The predicted octanol–water partition coefficient (Wildman–Crippen LogP) is 1.49. The van der Waals surface area contributed by atoms with Gasteiger partial charge in [-0.2, -0.15) is 0 Å². The lowest BCUT2D eigenvalue weighted by atomic mass is 10.0. The van der Waals surface area contributed by atoms with Gasteiger partial charge >= 0.3 is 0 Å². The Morgan fingerprint density at radius 1 is 1.24 bits per heavy atom. The molecule has 0 bridgehead atoms. The van der Waals surface area contributed by atoms with E-state index in [4.69, 9.17) is 5.21 Å². The van der Waals surface area contributed by atoms with Crippen molar-refractivity contribution in [2.75, 3.05) is 5.32 Å². The Labute approximate surface area is 147 Å². The summed E-state index contributed by atoms with van der Waals surface area (Å²) in [6.45, 7) is 3.95. The summed E-state index contributed by atoms with van der Waals surface area (Å²) in [5.41, 5.74) is 1.96. The van der Waals surface area contributed by atoms with Gasteiger partial charge in [0.15, 0.2) is 0 Å². The van der Waals surface area contributed by atoms with E-state index in [2.05, 4.69) is 20.6 Å². The van der Waals surface area contributed by atoms with Crippen LogP contribution in [0, 0.1) is 5.92 Å². The van der Waals surface area contributed by atoms with Crippen molar-refractivity contribution in [1.82, 2.24) is 20.8 Å². The number of amides is 2. The molecule has 1 aliphatic carbocycles. The number of hydrogen-bond acceptors (Lipinski definition) is 6. The van der Waals surface area contributed by atoms with E-state index in [9.17, 15) is 9.59 Å². The van der Waals surface area contributed by atoms with E-state index in [0.29, 0.717) is 11.5 Å². The van der Waals surface area contributed by atoms with Crippen molar-refractivity contribution in [2.24, 2.45) is 5.92 Å². The second kappa shape index (κ2) is 9.12. The van der Waals surface area contributed by atoms with Crippen LogP contribution in [-0.4, -0.2) is 39.1 Å². The number of rotatable bonds is 7. The molecule has 1 fully saturated rings. The highest BCUT2D eigenvalue weighted by Crippen LogP contribution is 2.18. The summed E-state index contributed by atoms with van der Waals surface area (Å²) in [6.07, 6.45) is 9.97. The maximum absolute atomic E-state index is 12.5. The van der Waals surface area contributed by atoms with E-state index in [1.165, 1.54) is 36.8 Å². The van der Waals surface area contributed by atoms with Crippen LogP contribution in [0.2, 0.25) is 0 Å². The minimum atomic E-state index is -0.646. The van der Waals surface area contributed by atoms with E-state index in [1.54, 1.807) is 0 Å². The minimum absolute atomic E-state index is 0.0210. The Morgan fingerprint density at radius 2 is 1.96 bits per heavy atom. The molecule has 136 valence electrons. The average Bonchev–Trinajstić information content (AvgIpc) is 3.11. The van der Waals surface area contributed by atoms with E-state index in [-0.39, 0.29) is 17.9 Å². The predicted molar refractivity (Wildman–Crippen MR) is 93.6 cm³/mol. The first-order valence-electron chi connectivity index (χ1n) is 8.50. The quantitative estimate of drug-likeness (QED) is 0.337. The van der Waals surface area contributed by atoms with Crippen molar-refractivity contribution in [1.29, 1.82) is 0 Å². The largest absolute Gasteiger partial charge is 0.357 e. The molecule has 0 unspecified atom stereocenters. The van der Waals surface area contributed by atoms with E-state index < -0.39 is 11.9 Å². The van der Waals surface area contributed by atoms with Crippen LogP contribution < -0.4 is 16.1 Å². The smallest absolute Gasteiger partial charge is 0.267 e. The molecular weight excluding hydrogens is 322 g/mol. The Hall–Kier alpha value is -2.48. The Balaban J connectivity index is 1.97. The van der Waals surface area contributed by atoms with Gasteiger partial charge in [-0.15, -0.1) is 0 Å². The number of carbonyl (C=O) groups excluding carboxylic acids is 2. The molecule has 8 nitrogen and oxygen atoms in total. The molecule has 1 atom stereocenters. The number of nitrogens with one attached hydrogen (secondary N) is 3. The first kappa shape index (κ1) is 18.9. The van der Waals surface area contributed by atoms with Crippen LogP contribution in [0.4, 0.5) is 5.82 Å². The van der Waals surface area contributed by atoms with Crippen molar-refractivity contribution < 1.29 is 14.8 Å². The van der Waals surface area contributed by atoms with Gasteiger partial charge in [0.25, 0.3) is 5.91 Å². The molecule has 8 heteroatoms. The fraction of sp³-hybridized carbons (Fsp3) is 0.529. The molecular formula is C17H25N5O3. The van der Waals surface area contributed by atoms with Crippen LogP contribution in [0.15, 0.2) is 18.5 Å². The molecule has 1 saturated carbocycles. The maximum atomic E-state index is 12.5. The Kier molecular flexibility index (Phi) is 6.88. The number of hydrogen-bond donors (Lipinski definition) is 4. The molecule has 1 aromatic heterocycles. The lowest BCUT2D eigenvalue weighted by molar-refractivity contribution is -0.124. The van der Waals surface area contributed by atoms with Crippen molar-refractivity contribution >= 4 is 23.7 Å². The van der Waals surface area contributed by atoms with Crippen LogP contribution >= 0.6 is 0 Å². The zero-order valence-electron chi connectivity index (χ0n) is 14.5. The van der Waals surface area contributed by atoms with Crippen LogP contribution in [0.5, 0.6) is 0 Å². The highest BCUT2D eigenvalue weighted by atomic mass is 16.5. The lowest BCUT2D eigenvalue weighted by Gasteiger charge is -2.24. The Morgan fingerprint density at radius 3 is 2.52 bits per heavy atom. The zero-order valence-corrected chi connectivity index (χ0v) is 14.5. The monoisotopic (exact) mass is 347 g/mol. The average molecular weight is 347 g/mol. The van der Waals surface area contributed by atoms with Gasteiger partial charge in [0, 0.05) is 12.1 Å². The SMILES string of the molecule is CC(C)[C@@H](Nc1cnc(/C=C/C(=O)NO)cn1)C(=O)NC1CCCC1. The summed E-state index contributed by atoms with van der Waals surface area (Å²) in [5, 5.41) is 14.7. The van der Waals surface area contributed by atoms with Crippen molar-refractivity contribution in [2.45, 2.75) is 51.6 Å². The molecule has 0 spiro atoms. The summed E-state index contributed by atoms with van der Waals surface area (Å²) < 4.78 is 0. The number of anilines is 1. The molecule has 0 aliphatic heterocycles. The molecule has 25 heavy (non-hydrogen) atoms. The molecule has 0 saturated heterocycles. The van der Waals surface area contributed by atoms with E-state index in [0.717, 1.165) is 18.9 Å². The van der Waals surface area contributed by atoms with Crippen molar-refractivity contribution in [3.05, 3.63) is 24.2 Å². The fourth-order valence-corrected chi connectivity index (χ4v) is 2.75. The fourth-order valence-electron chi connectivity index (χ4n) is 2.75. The standard InChI is InChI=1S/C17H25N5O3/c1-11(2)16(17(24)20-12-5-3-4-6-12)21-14-10-18-13(9-19-14)7-8-15(23)22-25/h7-12,16,25H,3-6H2,1-2H3,(H,19,21)(H,20,24)(H,22,23)/b8-7+/t16-/m1/s1. The molecule has 2 rings (SSSR count). The van der Waals surface area contributed by atoms with Gasteiger partial charge in [-0.25, -0.2) is 10.5 Å². The second-order valence-electron chi connectivity index (χ2n) is 6.49. The summed E-state index contributed by atoms with van der Waals surface area (Å²) in [6, 6.07) is -0.122. The number of carbonyl (C=O) groups is 2. The molecule has 1 aromatic rings. The van der Waals surface area contributed by atoms with Crippen LogP contribution in [0.3, 0.4) is 0 Å². The third-order valence-electron chi connectivity index (χ3n) is 4.14. The summed E-state index contributed by atoms with van der Waals surface area (Å²) in [4.78, 5) is 31.8. The molecule has 1 heterocycles. The highest BCUT2D eigenvalue weighted by Gasteiger charge is 2.26. The molecule has 0 radical (unpaired) electrons. The first-order valence-corrected chi connectivity index (χ1v) is 8.50. The van der Waals surface area contributed by atoms with Crippen molar-refractivity contribution in [3.8, 4) is 0 Å². The third-order valence-corrected chi connectivity index (χ3v) is 4.14. The van der Waals surface area contributed by atoms with Gasteiger partial charge in [0.2, 0.25) is 5.91 Å². The maximum Gasteiger partial charge on any atom is 0.267 e. The number of nitrogens with zero attached hydrogens (tertiary/aromatic N) is 2. The van der Waals surface area contributed by atoms with Gasteiger partial charge < -0.3 is 10.6 Å². The normalized spacial score (nSPS) is 16.2. The van der Waals surface area contributed by atoms with E-state index >= 15 is 0 Å².